The number of ether oxygens (including phenoxy) is 1. The quantitative estimate of drug-likeness (QED) is 0.830. The van der Waals surface area contributed by atoms with E-state index in [1.165, 1.54) is 0 Å². The van der Waals surface area contributed by atoms with Gasteiger partial charge in [-0.1, -0.05) is 0 Å². The van der Waals surface area contributed by atoms with Crippen molar-refractivity contribution in [2.75, 3.05) is 11.9 Å². The fourth-order valence-corrected chi connectivity index (χ4v) is 1.36. The highest BCUT2D eigenvalue weighted by Crippen LogP contribution is 2.10. The van der Waals surface area contributed by atoms with Gasteiger partial charge in [0.2, 0.25) is 0 Å². The maximum atomic E-state index is 11.4. The number of nitrogens with one attached hydrogen (secondary N) is 1. The summed E-state index contributed by atoms with van der Waals surface area (Å²) >= 11 is 0. The Labute approximate surface area is 108 Å². The molecular formula is C14H18N2O2. The van der Waals surface area contributed by atoms with Crippen molar-refractivity contribution in [3.05, 3.63) is 29.8 Å². The summed E-state index contributed by atoms with van der Waals surface area (Å²) in [5.41, 5.74) is 1.07. The van der Waals surface area contributed by atoms with Crippen LogP contribution in [0, 0.1) is 11.3 Å². The zero-order chi connectivity index (χ0) is 13.6. The molecule has 0 heterocycles. The van der Waals surface area contributed by atoms with Crippen LogP contribution in [0.2, 0.25) is 0 Å². The van der Waals surface area contributed by atoms with Crippen molar-refractivity contribution in [3.8, 4) is 6.07 Å². The molecule has 0 aliphatic carbocycles. The molecule has 18 heavy (non-hydrogen) atoms. The Morgan fingerprint density at radius 2 is 1.94 bits per heavy atom. The number of rotatable bonds is 4. The predicted octanol–water partition coefficient (Wildman–Crippen LogP) is 2.70. The summed E-state index contributed by atoms with van der Waals surface area (Å²) in [5.74, 6) is -0.219. The van der Waals surface area contributed by atoms with E-state index in [9.17, 15) is 4.79 Å². The van der Waals surface area contributed by atoms with Gasteiger partial charge in [0, 0.05) is 12.2 Å². The first-order valence-corrected chi connectivity index (χ1v) is 5.86. The zero-order valence-electron chi connectivity index (χ0n) is 11.0. The maximum Gasteiger partial charge on any atom is 0.308 e. The fraction of sp³-hybridized carbons (Fsp3) is 0.429. The third-order valence-electron chi connectivity index (χ3n) is 2.09. The summed E-state index contributed by atoms with van der Waals surface area (Å²) in [6.45, 7) is 6.05. The molecule has 4 heteroatoms. The highest BCUT2D eigenvalue weighted by molar-refractivity contribution is 5.70. The Bertz CT molecular complexity index is 438. The van der Waals surface area contributed by atoms with E-state index in [4.69, 9.17) is 10.00 Å². The van der Waals surface area contributed by atoms with Crippen LogP contribution in [0.3, 0.4) is 0 Å². The molecule has 1 aromatic rings. The van der Waals surface area contributed by atoms with Gasteiger partial charge in [-0.05, 0) is 45.0 Å². The molecule has 1 aromatic carbocycles. The Balaban J connectivity index is 2.33. The first kappa shape index (κ1) is 14.0. The molecule has 0 saturated carbocycles. The maximum absolute atomic E-state index is 11.4. The molecule has 1 rings (SSSR count). The molecule has 0 aliphatic rings. The van der Waals surface area contributed by atoms with Crippen molar-refractivity contribution in [3.63, 3.8) is 0 Å². The number of hydrogen-bond donors (Lipinski definition) is 1. The van der Waals surface area contributed by atoms with Crippen LogP contribution in [0.15, 0.2) is 24.3 Å². The van der Waals surface area contributed by atoms with E-state index in [1.807, 2.05) is 32.9 Å². The average Bonchev–Trinajstić information content (AvgIpc) is 2.27. The smallest absolute Gasteiger partial charge is 0.308 e. The normalized spacial score (nSPS) is 10.6. The number of hydrogen-bond acceptors (Lipinski definition) is 4. The van der Waals surface area contributed by atoms with E-state index in [0.29, 0.717) is 18.5 Å². The molecule has 0 aliphatic heterocycles. The molecular weight excluding hydrogens is 228 g/mol. The van der Waals surface area contributed by atoms with Gasteiger partial charge in [0.05, 0.1) is 18.1 Å². The van der Waals surface area contributed by atoms with Gasteiger partial charge in [0.1, 0.15) is 5.60 Å². The molecule has 0 spiro atoms. The highest BCUT2D eigenvalue weighted by atomic mass is 16.6. The molecule has 0 fully saturated rings. The lowest BCUT2D eigenvalue weighted by Crippen LogP contribution is -2.25. The zero-order valence-corrected chi connectivity index (χ0v) is 11.0. The first-order chi connectivity index (χ1) is 8.40. The summed E-state index contributed by atoms with van der Waals surface area (Å²) < 4.78 is 5.19. The monoisotopic (exact) mass is 246 g/mol. The standard InChI is InChI=1S/C14H18N2O2/c1-14(2,3)18-13(17)8-9-16-12-6-4-11(10-15)5-7-12/h4-7,16H,8-9H2,1-3H3. The Morgan fingerprint density at radius 1 is 1.33 bits per heavy atom. The Kier molecular flexibility index (Phi) is 4.73. The first-order valence-electron chi connectivity index (χ1n) is 5.86. The summed E-state index contributed by atoms with van der Waals surface area (Å²) in [6.07, 6.45) is 0.317. The van der Waals surface area contributed by atoms with Crippen LogP contribution in [0.5, 0.6) is 0 Å². The molecule has 0 amide bonds. The topological polar surface area (TPSA) is 62.1 Å². The van der Waals surface area contributed by atoms with E-state index in [1.54, 1.807) is 12.1 Å². The number of benzene rings is 1. The van der Waals surface area contributed by atoms with Crippen LogP contribution in [-0.4, -0.2) is 18.1 Å². The minimum atomic E-state index is -0.439. The van der Waals surface area contributed by atoms with E-state index in [0.717, 1.165) is 5.69 Å². The van der Waals surface area contributed by atoms with Crippen molar-refractivity contribution in [2.24, 2.45) is 0 Å². The van der Waals surface area contributed by atoms with Crippen LogP contribution in [0.4, 0.5) is 5.69 Å². The second-order valence-corrected chi connectivity index (χ2v) is 4.95. The Morgan fingerprint density at radius 3 is 2.44 bits per heavy atom. The van der Waals surface area contributed by atoms with Gasteiger partial charge in [-0.15, -0.1) is 0 Å². The number of carbonyl (C=O) groups is 1. The largest absolute Gasteiger partial charge is 0.460 e. The minimum Gasteiger partial charge on any atom is -0.460 e. The Hall–Kier alpha value is -2.02. The SMILES string of the molecule is CC(C)(C)OC(=O)CCNc1ccc(C#N)cc1. The van der Waals surface area contributed by atoms with Gasteiger partial charge in [-0.25, -0.2) is 0 Å². The van der Waals surface area contributed by atoms with Gasteiger partial charge >= 0.3 is 5.97 Å². The molecule has 96 valence electrons. The van der Waals surface area contributed by atoms with Crippen LogP contribution in [-0.2, 0) is 9.53 Å². The number of anilines is 1. The van der Waals surface area contributed by atoms with Gasteiger partial charge in [-0.3, -0.25) is 4.79 Å². The molecule has 0 unspecified atom stereocenters. The summed E-state index contributed by atoms with van der Waals surface area (Å²) in [6, 6.07) is 9.14. The van der Waals surface area contributed by atoms with E-state index in [-0.39, 0.29) is 5.97 Å². The van der Waals surface area contributed by atoms with E-state index < -0.39 is 5.60 Å². The number of esters is 1. The second kappa shape index (κ2) is 6.06. The number of nitrogens with zero attached hydrogens (tertiary/aromatic N) is 1. The van der Waals surface area contributed by atoms with Crippen molar-refractivity contribution < 1.29 is 9.53 Å². The average molecular weight is 246 g/mol. The van der Waals surface area contributed by atoms with E-state index >= 15 is 0 Å². The molecule has 0 aromatic heterocycles. The van der Waals surface area contributed by atoms with Crippen LogP contribution in [0.25, 0.3) is 0 Å². The predicted molar refractivity (Wildman–Crippen MR) is 70.1 cm³/mol. The van der Waals surface area contributed by atoms with E-state index in [2.05, 4.69) is 11.4 Å². The lowest BCUT2D eigenvalue weighted by atomic mass is 10.2. The van der Waals surface area contributed by atoms with Crippen LogP contribution < -0.4 is 5.32 Å². The van der Waals surface area contributed by atoms with Gasteiger partial charge < -0.3 is 10.1 Å². The summed E-state index contributed by atoms with van der Waals surface area (Å²) in [7, 11) is 0. The second-order valence-electron chi connectivity index (χ2n) is 4.95. The highest BCUT2D eigenvalue weighted by Gasteiger charge is 2.15. The van der Waals surface area contributed by atoms with Crippen molar-refractivity contribution in [1.29, 1.82) is 5.26 Å². The van der Waals surface area contributed by atoms with Gasteiger partial charge in [-0.2, -0.15) is 5.26 Å². The lowest BCUT2D eigenvalue weighted by Gasteiger charge is -2.19. The molecule has 4 nitrogen and oxygen atoms in total. The number of nitriles is 1. The van der Waals surface area contributed by atoms with Crippen molar-refractivity contribution in [2.45, 2.75) is 32.8 Å². The minimum absolute atomic E-state index is 0.219. The molecule has 0 radical (unpaired) electrons. The van der Waals surface area contributed by atoms with Crippen molar-refractivity contribution in [1.82, 2.24) is 0 Å². The fourth-order valence-electron chi connectivity index (χ4n) is 1.36. The van der Waals surface area contributed by atoms with Gasteiger partial charge in [0.25, 0.3) is 0 Å². The summed E-state index contributed by atoms with van der Waals surface area (Å²) in [5, 5.41) is 11.8. The van der Waals surface area contributed by atoms with Gasteiger partial charge in [0.15, 0.2) is 0 Å². The molecule has 1 N–H and O–H groups in total. The third-order valence-corrected chi connectivity index (χ3v) is 2.09. The lowest BCUT2D eigenvalue weighted by molar-refractivity contribution is -0.154. The molecule has 0 atom stereocenters. The van der Waals surface area contributed by atoms with Crippen molar-refractivity contribution >= 4 is 11.7 Å². The number of carbonyl (C=O) groups excluding carboxylic acids is 1. The molecule has 0 saturated heterocycles. The van der Waals surface area contributed by atoms with Crippen LogP contribution >= 0.6 is 0 Å². The summed E-state index contributed by atoms with van der Waals surface area (Å²) in [4.78, 5) is 11.4. The third kappa shape index (κ3) is 5.35. The van der Waals surface area contributed by atoms with Crippen LogP contribution in [0.1, 0.15) is 32.8 Å². The molecule has 0 bridgehead atoms.